The van der Waals surface area contributed by atoms with Gasteiger partial charge in [-0.1, -0.05) is 23.2 Å². The Kier molecular flexibility index (Phi) is 8.03. The first-order valence-corrected chi connectivity index (χ1v) is 10.8. The van der Waals surface area contributed by atoms with E-state index in [2.05, 4.69) is 15.6 Å². The molecule has 0 unspecified atom stereocenters. The summed E-state index contributed by atoms with van der Waals surface area (Å²) >= 11 is 12.4. The molecule has 7 nitrogen and oxygen atoms in total. The largest absolute Gasteiger partial charge is 0.398 e. The van der Waals surface area contributed by atoms with Crippen LogP contribution >= 0.6 is 23.2 Å². The van der Waals surface area contributed by atoms with Gasteiger partial charge in [0, 0.05) is 29.9 Å². The zero-order valence-electron chi connectivity index (χ0n) is 18.3. The Morgan fingerprint density at radius 3 is 2.41 bits per heavy atom. The van der Waals surface area contributed by atoms with Crippen molar-refractivity contribution in [2.24, 2.45) is 0 Å². The van der Waals surface area contributed by atoms with E-state index in [1.807, 2.05) is 19.0 Å². The van der Waals surface area contributed by atoms with E-state index in [-0.39, 0.29) is 43.8 Å². The average molecular weight is 508 g/mol. The smallest absolute Gasteiger partial charge is 0.271 e. The summed E-state index contributed by atoms with van der Waals surface area (Å²) in [5.74, 6) is -2.50. The number of carbonyl (C=O) groups excluding carboxylic acids is 2. The second-order valence-electron chi connectivity index (χ2n) is 7.61. The van der Waals surface area contributed by atoms with Crippen molar-refractivity contribution >= 4 is 46.4 Å². The number of aromatic nitrogens is 1. The first kappa shape index (κ1) is 25.4. The Balaban J connectivity index is 1.77. The normalized spacial score (nSPS) is 10.9. The van der Waals surface area contributed by atoms with E-state index >= 15 is 0 Å². The molecular weight excluding hydrogens is 487 g/mol. The molecule has 0 fully saturated rings. The number of nitrogens with two attached hydrogens (primary N) is 1. The summed E-state index contributed by atoms with van der Waals surface area (Å²) < 4.78 is 28.1. The number of benzene rings is 2. The molecule has 0 aliphatic carbocycles. The lowest BCUT2D eigenvalue weighted by molar-refractivity contribution is 0.0945. The Morgan fingerprint density at radius 1 is 1.03 bits per heavy atom. The molecule has 0 radical (unpaired) electrons. The fraction of sp³-hybridized carbons (Fsp3) is 0.174. The van der Waals surface area contributed by atoms with E-state index < -0.39 is 23.4 Å². The maximum Gasteiger partial charge on any atom is 0.271 e. The molecule has 11 heteroatoms. The average Bonchev–Trinajstić information content (AvgIpc) is 2.75. The summed E-state index contributed by atoms with van der Waals surface area (Å²) in [6, 6.07) is 7.07. The Hall–Kier alpha value is -3.27. The van der Waals surface area contributed by atoms with Gasteiger partial charge in [-0.05, 0) is 50.5 Å². The molecule has 2 amide bonds. The van der Waals surface area contributed by atoms with Crippen molar-refractivity contribution in [3.63, 3.8) is 0 Å². The molecule has 3 aromatic rings. The van der Waals surface area contributed by atoms with Crippen LogP contribution in [0.2, 0.25) is 10.0 Å². The molecular formula is C23H21Cl2F2N5O2. The predicted octanol–water partition coefficient (Wildman–Crippen LogP) is 4.46. The second-order valence-corrected chi connectivity index (χ2v) is 8.43. The van der Waals surface area contributed by atoms with Crippen LogP contribution in [0.15, 0.2) is 42.6 Å². The van der Waals surface area contributed by atoms with E-state index in [1.54, 1.807) is 0 Å². The van der Waals surface area contributed by atoms with Gasteiger partial charge in [0.15, 0.2) is 0 Å². The Morgan fingerprint density at radius 2 is 1.76 bits per heavy atom. The van der Waals surface area contributed by atoms with E-state index in [9.17, 15) is 18.4 Å². The van der Waals surface area contributed by atoms with Crippen molar-refractivity contribution in [3.05, 3.63) is 75.5 Å². The third kappa shape index (κ3) is 5.99. The molecule has 0 aliphatic heterocycles. The highest BCUT2D eigenvalue weighted by atomic mass is 35.5. The van der Waals surface area contributed by atoms with Crippen molar-refractivity contribution < 1.29 is 18.4 Å². The number of halogens is 4. The van der Waals surface area contributed by atoms with Crippen LogP contribution in [0, 0.1) is 11.6 Å². The van der Waals surface area contributed by atoms with Crippen molar-refractivity contribution in [2.45, 2.75) is 0 Å². The maximum absolute atomic E-state index is 14.8. The summed E-state index contributed by atoms with van der Waals surface area (Å²) in [5, 5.41) is 5.19. The molecule has 0 bridgehead atoms. The number of amides is 2. The van der Waals surface area contributed by atoms with Gasteiger partial charge in [0.2, 0.25) is 0 Å². The number of nitrogens with one attached hydrogen (secondary N) is 2. The number of carbonyl (C=O) groups is 2. The van der Waals surface area contributed by atoms with E-state index in [4.69, 9.17) is 28.9 Å². The third-order valence-corrected chi connectivity index (χ3v) is 5.36. The summed E-state index contributed by atoms with van der Waals surface area (Å²) in [5.41, 5.74) is 6.11. The SMILES string of the molecule is CN(C)CCNC(=O)c1ncc(NC(=O)c2cc(F)c(-c3ccc(F)cc3N)cc2Cl)cc1Cl. The molecule has 0 saturated carbocycles. The molecule has 0 aliphatic rings. The van der Waals surface area contributed by atoms with E-state index in [0.717, 1.165) is 18.2 Å². The molecule has 1 aromatic heterocycles. The highest BCUT2D eigenvalue weighted by Crippen LogP contribution is 2.33. The lowest BCUT2D eigenvalue weighted by atomic mass is 10.0. The summed E-state index contributed by atoms with van der Waals surface area (Å²) in [6.45, 7) is 1.05. The van der Waals surface area contributed by atoms with Crippen molar-refractivity contribution in [2.75, 3.05) is 38.2 Å². The monoisotopic (exact) mass is 507 g/mol. The quantitative estimate of drug-likeness (QED) is 0.410. The number of nitrogens with zero attached hydrogens (tertiary/aromatic N) is 2. The van der Waals surface area contributed by atoms with Crippen LogP contribution in [0.25, 0.3) is 11.1 Å². The van der Waals surface area contributed by atoms with Crippen molar-refractivity contribution in [3.8, 4) is 11.1 Å². The van der Waals surface area contributed by atoms with Gasteiger partial charge in [-0.3, -0.25) is 9.59 Å². The fourth-order valence-corrected chi connectivity index (χ4v) is 3.56. The minimum atomic E-state index is -0.770. The molecule has 2 aromatic carbocycles. The second kappa shape index (κ2) is 10.8. The lowest BCUT2D eigenvalue weighted by Crippen LogP contribution is -2.32. The van der Waals surface area contributed by atoms with Gasteiger partial charge in [0.25, 0.3) is 11.8 Å². The molecule has 0 saturated heterocycles. The van der Waals surface area contributed by atoms with E-state index in [0.29, 0.717) is 13.1 Å². The molecule has 0 atom stereocenters. The maximum atomic E-state index is 14.8. The number of hydrogen-bond donors (Lipinski definition) is 3. The zero-order valence-corrected chi connectivity index (χ0v) is 19.8. The number of hydrogen-bond acceptors (Lipinski definition) is 5. The number of anilines is 2. The first-order valence-electron chi connectivity index (χ1n) is 10.0. The Labute approximate surface area is 204 Å². The van der Waals surface area contributed by atoms with Crippen LogP contribution in [-0.4, -0.2) is 48.9 Å². The van der Waals surface area contributed by atoms with Gasteiger partial charge >= 0.3 is 0 Å². The summed E-state index contributed by atoms with van der Waals surface area (Å²) in [7, 11) is 3.75. The number of likely N-dealkylation sites (N-methyl/N-ethyl adjacent to an activating group) is 1. The lowest BCUT2D eigenvalue weighted by Gasteiger charge is -2.13. The number of pyridine rings is 1. The zero-order chi connectivity index (χ0) is 25.0. The molecule has 1 heterocycles. The van der Waals surface area contributed by atoms with Gasteiger partial charge in [-0.25, -0.2) is 13.8 Å². The molecule has 178 valence electrons. The minimum Gasteiger partial charge on any atom is -0.398 e. The fourth-order valence-electron chi connectivity index (χ4n) is 3.05. The van der Waals surface area contributed by atoms with Crippen LogP contribution in [-0.2, 0) is 0 Å². The van der Waals surface area contributed by atoms with Gasteiger partial charge in [0.1, 0.15) is 17.3 Å². The van der Waals surface area contributed by atoms with Gasteiger partial charge in [-0.2, -0.15) is 0 Å². The van der Waals surface area contributed by atoms with Gasteiger partial charge in [0.05, 0.1) is 27.5 Å². The first-order chi connectivity index (χ1) is 16.1. The third-order valence-electron chi connectivity index (χ3n) is 4.76. The Bertz CT molecular complexity index is 1250. The molecule has 34 heavy (non-hydrogen) atoms. The van der Waals surface area contributed by atoms with Crippen LogP contribution < -0.4 is 16.4 Å². The molecule has 4 N–H and O–H groups in total. The topological polar surface area (TPSA) is 100 Å². The number of nitrogen functional groups attached to an aromatic ring is 1. The standard InChI is InChI=1S/C23H21Cl2F2N5O2/c1-32(2)6-5-29-23(34)21-18(25)8-13(11-30-21)31-22(33)16-10-19(27)15(9-17(16)24)14-4-3-12(26)7-20(14)28/h3-4,7-11H,5-6,28H2,1-2H3,(H,29,34)(H,31,33). The van der Waals surface area contributed by atoms with Crippen LogP contribution in [0.4, 0.5) is 20.2 Å². The molecule has 0 spiro atoms. The number of rotatable bonds is 7. The van der Waals surface area contributed by atoms with Crippen molar-refractivity contribution in [1.29, 1.82) is 0 Å². The van der Waals surface area contributed by atoms with Gasteiger partial charge < -0.3 is 21.3 Å². The highest BCUT2D eigenvalue weighted by molar-refractivity contribution is 6.35. The van der Waals surface area contributed by atoms with Crippen molar-refractivity contribution in [1.82, 2.24) is 15.2 Å². The predicted molar refractivity (Wildman–Crippen MR) is 129 cm³/mol. The van der Waals surface area contributed by atoms with Gasteiger partial charge in [-0.15, -0.1) is 0 Å². The minimum absolute atomic E-state index is 0.00346. The van der Waals surface area contributed by atoms with Crippen LogP contribution in [0.3, 0.4) is 0 Å². The van der Waals surface area contributed by atoms with Crippen LogP contribution in [0.1, 0.15) is 20.8 Å². The highest BCUT2D eigenvalue weighted by Gasteiger charge is 2.19. The summed E-state index contributed by atoms with van der Waals surface area (Å²) in [6.07, 6.45) is 1.25. The summed E-state index contributed by atoms with van der Waals surface area (Å²) in [4.78, 5) is 30.8. The van der Waals surface area contributed by atoms with E-state index in [1.165, 1.54) is 24.4 Å². The molecule has 3 rings (SSSR count). The van der Waals surface area contributed by atoms with Crippen LogP contribution in [0.5, 0.6) is 0 Å².